The monoisotopic (exact) mass is 291 g/mol. The van der Waals surface area contributed by atoms with Crippen LogP contribution < -0.4 is 4.74 Å². The third-order valence-corrected chi connectivity index (χ3v) is 4.29. The smallest absolute Gasteiger partial charge is 0.119 e. The van der Waals surface area contributed by atoms with Crippen molar-refractivity contribution in [3.8, 4) is 5.75 Å². The summed E-state index contributed by atoms with van der Waals surface area (Å²) in [6.45, 7) is 11.8. The molecule has 0 bridgehead atoms. The van der Waals surface area contributed by atoms with E-state index in [4.69, 9.17) is 4.74 Å². The Bertz CT molecular complexity index is 464. The maximum Gasteiger partial charge on any atom is 0.119 e. The second-order valence-corrected chi connectivity index (χ2v) is 6.71. The van der Waals surface area contributed by atoms with Crippen LogP contribution in [0.3, 0.4) is 0 Å². The number of likely N-dealkylation sites (tertiary alicyclic amines) is 1. The van der Waals surface area contributed by atoms with E-state index >= 15 is 0 Å². The topological polar surface area (TPSA) is 32.7 Å². The maximum atomic E-state index is 10.1. The average Bonchev–Trinajstić information content (AvgIpc) is 2.36. The molecular formula is C18H29NO2. The minimum Gasteiger partial charge on any atom is -0.492 e. The van der Waals surface area contributed by atoms with E-state index in [1.807, 2.05) is 0 Å². The Morgan fingerprint density at radius 3 is 2.62 bits per heavy atom. The van der Waals surface area contributed by atoms with Gasteiger partial charge in [0.05, 0.1) is 5.60 Å². The number of hydrogen-bond donors (Lipinski definition) is 1. The molecule has 0 saturated carbocycles. The maximum absolute atomic E-state index is 10.1. The fraction of sp³-hybridized carbons (Fsp3) is 0.667. The van der Waals surface area contributed by atoms with Crippen LogP contribution in [0, 0.1) is 6.92 Å². The van der Waals surface area contributed by atoms with E-state index in [9.17, 15) is 5.11 Å². The van der Waals surface area contributed by atoms with Crippen molar-refractivity contribution in [2.75, 3.05) is 26.2 Å². The molecule has 1 aliphatic rings. The van der Waals surface area contributed by atoms with Gasteiger partial charge in [-0.15, -0.1) is 0 Å². The molecule has 0 unspecified atom stereocenters. The van der Waals surface area contributed by atoms with Crippen LogP contribution in [0.2, 0.25) is 0 Å². The van der Waals surface area contributed by atoms with E-state index in [0.29, 0.717) is 12.5 Å². The van der Waals surface area contributed by atoms with Crippen molar-refractivity contribution in [1.29, 1.82) is 0 Å². The van der Waals surface area contributed by atoms with Crippen molar-refractivity contribution >= 4 is 0 Å². The van der Waals surface area contributed by atoms with E-state index < -0.39 is 5.60 Å². The molecule has 21 heavy (non-hydrogen) atoms. The van der Waals surface area contributed by atoms with E-state index in [1.165, 1.54) is 11.1 Å². The summed E-state index contributed by atoms with van der Waals surface area (Å²) in [6.07, 6.45) is 1.95. The molecule has 3 heteroatoms. The van der Waals surface area contributed by atoms with Crippen LogP contribution in [-0.2, 0) is 0 Å². The Hall–Kier alpha value is -1.06. The van der Waals surface area contributed by atoms with Gasteiger partial charge in [-0.25, -0.2) is 0 Å². The zero-order chi connectivity index (χ0) is 15.5. The third kappa shape index (κ3) is 4.21. The molecule has 3 nitrogen and oxygen atoms in total. The molecule has 2 rings (SSSR count). The third-order valence-electron chi connectivity index (χ3n) is 4.29. The fourth-order valence-corrected chi connectivity index (χ4v) is 3.25. The van der Waals surface area contributed by atoms with Gasteiger partial charge >= 0.3 is 0 Å². The minimum atomic E-state index is -0.440. The van der Waals surface area contributed by atoms with Crippen LogP contribution in [-0.4, -0.2) is 41.8 Å². The molecule has 0 atom stereocenters. The number of benzene rings is 1. The van der Waals surface area contributed by atoms with Gasteiger partial charge in [0.2, 0.25) is 0 Å². The summed E-state index contributed by atoms with van der Waals surface area (Å²) in [7, 11) is 0. The van der Waals surface area contributed by atoms with Gasteiger partial charge < -0.3 is 9.84 Å². The molecule has 118 valence electrons. The molecule has 0 spiro atoms. The normalized spacial score (nSPS) is 17.8. The first-order valence-corrected chi connectivity index (χ1v) is 8.11. The summed E-state index contributed by atoms with van der Waals surface area (Å²) >= 11 is 0. The highest BCUT2D eigenvalue weighted by molar-refractivity contribution is 5.36. The van der Waals surface area contributed by atoms with E-state index in [0.717, 1.165) is 38.2 Å². The van der Waals surface area contributed by atoms with Gasteiger partial charge in [0.25, 0.3) is 0 Å². The predicted molar refractivity (Wildman–Crippen MR) is 87.1 cm³/mol. The summed E-state index contributed by atoms with van der Waals surface area (Å²) in [5, 5.41) is 10.1. The molecule has 1 fully saturated rings. The lowest BCUT2D eigenvalue weighted by atomic mass is 9.89. The summed E-state index contributed by atoms with van der Waals surface area (Å²) < 4.78 is 5.83. The highest BCUT2D eigenvalue weighted by Gasteiger charge is 2.39. The Morgan fingerprint density at radius 1 is 1.33 bits per heavy atom. The van der Waals surface area contributed by atoms with Crippen LogP contribution in [0.15, 0.2) is 18.2 Å². The summed E-state index contributed by atoms with van der Waals surface area (Å²) in [4.78, 5) is 2.25. The van der Waals surface area contributed by atoms with Crippen molar-refractivity contribution in [3.05, 3.63) is 29.3 Å². The Kier molecular flexibility index (Phi) is 5.28. The van der Waals surface area contributed by atoms with Crippen LogP contribution in [0.25, 0.3) is 0 Å². The molecule has 0 aliphatic carbocycles. The molecule has 0 radical (unpaired) electrons. The molecule has 1 aromatic carbocycles. The summed E-state index contributed by atoms with van der Waals surface area (Å²) in [5.41, 5.74) is 2.24. The Balaban J connectivity index is 1.74. The summed E-state index contributed by atoms with van der Waals surface area (Å²) in [6, 6.07) is 6.35. The van der Waals surface area contributed by atoms with Crippen molar-refractivity contribution in [1.82, 2.24) is 4.90 Å². The number of nitrogens with zero attached hydrogens (tertiary/aromatic N) is 1. The lowest BCUT2D eigenvalue weighted by molar-refractivity contribution is -0.105. The minimum absolute atomic E-state index is 0.440. The largest absolute Gasteiger partial charge is 0.492 e. The summed E-state index contributed by atoms with van der Waals surface area (Å²) in [5.74, 6) is 1.50. The molecule has 1 saturated heterocycles. The first-order chi connectivity index (χ1) is 9.93. The van der Waals surface area contributed by atoms with Gasteiger partial charge in [-0.3, -0.25) is 4.90 Å². The van der Waals surface area contributed by atoms with Gasteiger partial charge in [-0.2, -0.15) is 0 Å². The number of ether oxygens (including phenoxy) is 1. The lowest BCUT2D eigenvalue weighted by Crippen LogP contribution is -2.62. The molecule has 1 heterocycles. The fourth-order valence-electron chi connectivity index (χ4n) is 3.25. The van der Waals surface area contributed by atoms with Gasteiger partial charge in [0.1, 0.15) is 12.4 Å². The number of hydrogen-bond acceptors (Lipinski definition) is 3. The highest BCUT2D eigenvalue weighted by Crippen LogP contribution is 2.26. The number of aryl methyl sites for hydroxylation is 1. The van der Waals surface area contributed by atoms with Gasteiger partial charge in [0.15, 0.2) is 0 Å². The second kappa shape index (κ2) is 6.80. The highest BCUT2D eigenvalue weighted by atomic mass is 16.5. The van der Waals surface area contributed by atoms with Crippen LogP contribution in [0.1, 0.15) is 50.7 Å². The predicted octanol–water partition coefficient (Wildman–Crippen LogP) is 3.34. The van der Waals surface area contributed by atoms with Crippen LogP contribution in [0.5, 0.6) is 5.75 Å². The first kappa shape index (κ1) is 16.3. The Morgan fingerprint density at radius 2 is 2.05 bits per heavy atom. The number of aliphatic hydroxyl groups is 1. The molecule has 1 aromatic rings. The van der Waals surface area contributed by atoms with Crippen molar-refractivity contribution in [3.63, 3.8) is 0 Å². The molecule has 1 aliphatic heterocycles. The zero-order valence-electron chi connectivity index (χ0n) is 13.9. The molecule has 0 amide bonds. The standard InChI is InChI=1S/C18H29NO2/c1-5-8-18(20)12-19(13-18)9-10-21-16-6-7-17(14(2)3)15(4)11-16/h6-7,11,14,20H,5,8-10,12-13H2,1-4H3. The van der Waals surface area contributed by atoms with Crippen LogP contribution >= 0.6 is 0 Å². The second-order valence-electron chi connectivity index (χ2n) is 6.71. The van der Waals surface area contributed by atoms with Crippen molar-refractivity contribution < 1.29 is 9.84 Å². The SMILES string of the molecule is CCCC1(O)CN(CCOc2ccc(C(C)C)c(C)c2)C1. The van der Waals surface area contributed by atoms with Crippen LogP contribution in [0.4, 0.5) is 0 Å². The molecular weight excluding hydrogens is 262 g/mol. The van der Waals surface area contributed by atoms with Gasteiger partial charge in [-0.05, 0) is 42.5 Å². The first-order valence-electron chi connectivity index (χ1n) is 8.11. The van der Waals surface area contributed by atoms with E-state index in [-0.39, 0.29) is 0 Å². The molecule has 1 N–H and O–H groups in total. The lowest BCUT2D eigenvalue weighted by Gasteiger charge is -2.46. The van der Waals surface area contributed by atoms with Gasteiger partial charge in [-0.1, -0.05) is 33.3 Å². The number of rotatable bonds is 7. The van der Waals surface area contributed by atoms with Crippen molar-refractivity contribution in [2.24, 2.45) is 0 Å². The zero-order valence-corrected chi connectivity index (χ0v) is 13.9. The number of β-amino-alcohol motifs (C(OH)–C–C–N with tert-alkyl or cyclic N) is 1. The molecule has 0 aromatic heterocycles. The van der Waals surface area contributed by atoms with Gasteiger partial charge in [0, 0.05) is 19.6 Å². The van der Waals surface area contributed by atoms with E-state index in [1.54, 1.807) is 0 Å². The van der Waals surface area contributed by atoms with E-state index in [2.05, 4.69) is 50.8 Å². The quantitative estimate of drug-likeness (QED) is 0.836. The average molecular weight is 291 g/mol. The van der Waals surface area contributed by atoms with Crippen molar-refractivity contribution in [2.45, 2.75) is 52.1 Å². The Labute approximate surface area is 128 Å².